The van der Waals surface area contributed by atoms with E-state index < -0.39 is 5.63 Å². The van der Waals surface area contributed by atoms with Crippen LogP contribution >= 0.6 is 15.9 Å². The lowest BCUT2D eigenvalue weighted by atomic mass is 10.2. The van der Waals surface area contributed by atoms with Crippen LogP contribution in [0.3, 0.4) is 0 Å². The number of H-pyrrole nitrogens is 1. The summed E-state index contributed by atoms with van der Waals surface area (Å²) in [7, 11) is 1.59. The molecular weight excluding hydrogens is 316 g/mol. The lowest BCUT2D eigenvalue weighted by molar-refractivity contribution is -0.756. The van der Waals surface area contributed by atoms with Crippen LogP contribution in [0, 0.1) is 0 Å². The van der Waals surface area contributed by atoms with Crippen molar-refractivity contribution in [2.75, 3.05) is 12.4 Å². The van der Waals surface area contributed by atoms with Crippen molar-refractivity contribution >= 4 is 21.7 Å². The molecule has 0 amide bonds. The van der Waals surface area contributed by atoms with E-state index in [2.05, 4.69) is 25.7 Å². The highest BCUT2D eigenvalue weighted by Crippen LogP contribution is 2.10. The van der Waals surface area contributed by atoms with Gasteiger partial charge in [0.2, 0.25) is 12.3 Å². The predicted octanol–water partition coefficient (Wildman–Crippen LogP) is 0.890. The van der Waals surface area contributed by atoms with Gasteiger partial charge in [0.1, 0.15) is 5.75 Å². The summed E-state index contributed by atoms with van der Waals surface area (Å²) < 4.78 is 11.1. The number of nitrogens with one attached hydrogen (secondary N) is 1. The highest BCUT2D eigenvalue weighted by Gasteiger charge is 2.27. The second kappa shape index (κ2) is 5.83. The average molecular weight is 328 g/mol. The summed E-state index contributed by atoms with van der Waals surface area (Å²) in [4.78, 5) is 23.1. The molecule has 0 saturated carbocycles. The van der Waals surface area contributed by atoms with Crippen LogP contribution in [-0.4, -0.2) is 23.5 Å². The molecule has 19 heavy (non-hydrogen) atoms. The molecule has 0 aliphatic carbocycles. The van der Waals surface area contributed by atoms with Crippen molar-refractivity contribution in [2.45, 2.75) is 6.54 Å². The number of aromatic amines is 1. The van der Waals surface area contributed by atoms with E-state index in [1.54, 1.807) is 19.2 Å². The maximum atomic E-state index is 11.6. The van der Waals surface area contributed by atoms with Crippen LogP contribution in [0.25, 0.3) is 0 Å². The van der Waals surface area contributed by atoms with E-state index in [0.717, 1.165) is 11.3 Å². The zero-order valence-electron chi connectivity index (χ0n) is 10.2. The lowest BCUT2D eigenvalue weighted by Gasteiger charge is -1.99. The Balaban J connectivity index is 2.28. The minimum Gasteiger partial charge on any atom is -0.497 e. The number of hydrogen-bond acceptors (Lipinski definition) is 4. The topological polar surface area (TPSA) is 76.2 Å². The highest BCUT2D eigenvalue weighted by atomic mass is 79.9. The number of nitrogens with zero attached hydrogens (tertiary/aromatic N) is 1. The summed E-state index contributed by atoms with van der Waals surface area (Å²) >= 11 is 3.03. The van der Waals surface area contributed by atoms with Crippen LogP contribution in [0.2, 0.25) is 0 Å². The van der Waals surface area contributed by atoms with E-state index in [-0.39, 0.29) is 16.8 Å². The standard InChI is InChI=1S/C12H11BrN2O4/c1-18-9-4-2-8(3-5-9)7-15-11(10(16)6-13)12(17)19-14-15/h2-5H,6-7H2,1H3/p+1. The Kier molecular flexibility index (Phi) is 4.16. The molecule has 2 aromatic rings. The van der Waals surface area contributed by atoms with E-state index in [4.69, 9.17) is 4.74 Å². The van der Waals surface area contributed by atoms with E-state index in [9.17, 15) is 9.59 Å². The van der Waals surface area contributed by atoms with Gasteiger partial charge in [0, 0.05) is 5.56 Å². The van der Waals surface area contributed by atoms with E-state index in [1.165, 1.54) is 4.68 Å². The quantitative estimate of drug-likeness (QED) is 0.502. The number of benzene rings is 1. The van der Waals surface area contributed by atoms with Gasteiger partial charge in [0.05, 0.1) is 12.4 Å². The van der Waals surface area contributed by atoms with Crippen LogP contribution in [0.15, 0.2) is 33.6 Å². The number of ether oxygens (including phenoxy) is 1. The van der Waals surface area contributed by atoms with E-state index in [0.29, 0.717) is 6.54 Å². The second-order valence-electron chi connectivity index (χ2n) is 3.82. The molecule has 0 aliphatic heterocycles. The van der Waals surface area contributed by atoms with Crippen molar-refractivity contribution in [3.8, 4) is 5.75 Å². The van der Waals surface area contributed by atoms with Gasteiger partial charge in [0.15, 0.2) is 0 Å². The highest BCUT2D eigenvalue weighted by molar-refractivity contribution is 9.09. The third-order valence-corrected chi connectivity index (χ3v) is 3.11. The Morgan fingerprint density at radius 3 is 2.68 bits per heavy atom. The van der Waals surface area contributed by atoms with Crippen LogP contribution in [0.4, 0.5) is 0 Å². The van der Waals surface area contributed by atoms with Crippen molar-refractivity contribution in [1.82, 2.24) is 5.27 Å². The zero-order chi connectivity index (χ0) is 13.8. The van der Waals surface area contributed by atoms with Gasteiger partial charge in [-0.1, -0.05) is 20.6 Å². The number of alkyl halides is 1. The summed E-state index contributed by atoms with van der Waals surface area (Å²) in [5.41, 5.74) is 0.233. The maximum absolute atomic E-state index is 11.6. The Morgan fingerprint density at radius 2 is 2.11 bits per heavy atom. The number of rotatable bonds is 5. The van der Waals surface area contributed by atoms with Crippen LogP contribution in [0.1, 0.15) is 16.1 Å². The van der Waals surface area contributed by atoms with E-state index in [1.807, 2.05) is 12.1 Å². The monoisotopic (exact) mass is 327 g/mol. The van der Waals surface area contributed by atoms with Gasteiger partial charge < -0.3 is 4.74 Å². The van der Waals surface area contributed by atoms with Crippen molar-refractivity contribution in [3.05, 3.63) is 45.9 Å². The van der Waals surface area contributed by atoms with Crippen molar-refractivity contribution in [3.63, 3.8) is 0 Å². The molecule has 0 fully saturated rings. The third kappa shape index (κ3) is 2.93. The molecule has 100 valence electrons. The smallest absolute Gasteiger partial charge is 0.438 e. The minimum absolute atomic E-state index is 0.00677. The molecule has 0 spiro atoms. The SMILES string of the molecule is COc1ccc(C[n+]2[nH]oc(=O)c2C(=O)CBr)cc1. The van der Waals surface area contributed by atoms with Crippen molar-refractivity contribution in [1.29, 1.82) is 0 Å². The minimum atomic E-state index is -0.669. The molecule has 2 rings (SSSR count). The molecular formula is C12H12BrN2O4+. The first-order valence-corrected chi connectivity index (χ1v) is 6.61. The molecule has 1 aromatic carbocycles. The molecule has 0 saturated heterocycles. The Labute approximate surface area is 117 Å². The van der Waals surface area contributed by atoms with Gasteiger partial charge in [-0.25, -0.2) is 4.79 Å². The summed E-state index contributed by atoms with van der Waals surface area (Å²) in [5.74, 6) is 0.412. The first kappa shape index (κ1) is 13.5. The normalized spacial score (nSPS) is 10.4. The lowest BCUT2D eigenvalue weighted by Crippen LogP contribution is -2.44. The third-order valence-electron chi connectivity index (χ3n) is 2.60. The molecule has 0 radical (unpaired) electrons. The maximum Gasteiger partial charge on any atom is 0.438 e. The Morgan fingerprint density at radius 1 is 1.42 bits per heavy atom. The van der Waals surface area contributed by atoms with Gasteiger partial charge in [-0.3, -0.25) is 9.32 Å². The summed E-state index contributed by atoms with van der Waals surface area (Å²) in [6.07, 6.45) is 0. The number of ketones is 1. The van der Waals surface area contributed by atoms with E-state index >= 15 is 0 Å². The number of carbonyl (C=O) groups is 1. The van der Waals surface area contributed by atoms with Crippen LogP contribution in [-0.2, 0) is 6.54 Å². The number of halogens is 1. The molecule has 7 heteroatoms. The summed E-state index contributed by atoms with van der Waals surface area (Å²) in [6, 6.07) is 7.30. The molecule has 0 aliphatic rings. The van der Waals surface area contributed by atoms with Crippen LogP contribution in [0.5, 0.6) is 5.75 Å². The number of Topliss-reactive ketones (excluding diaryl/α,β-unsaturated/α-hetero) is 1. The number of carbonyl (C=O) groups excluding carboxylic acids is 1. The summed E-state index contributed by atoms with van der Waals surface area (Å²) in [5, 5.41) is 2.49. The Bertz CT molecular complexity index is 630. The van der Waals surface area contributed by atoms with Gasteiger partial charge in [0.25, 0.3) is 0 Å². The van der Waals surface area contributed by atoms with Crippen LogP contribution < -0.4 is 15.0 Å². The van der Waals surface area contributed by atoms with Crippen molar-refractivity contribution < 1.29 is 18.7 Å². The average Bonchev–Trinajstić information content (AvgIpc) is 2.80. The second-order valence-corrected chi connectivity index (χ2v) is 4.38. The fourth-order valence-electron chi connectivity index (χ4n) is 1.65. The molecule has 1 N–H and O–H groups in total. The molecule has 6 nitrogen and oxygen atoms in total. The van der Waals surface area contributed by atoms with Gasteiger partial charge in [-0.2, -0.15) is 0 Å². The number of methoxy groups -OCH3 is 1. The summed E-state index contributed by atoms with van der Waals surface area (Å²) in [6.45, 7) is 0.337. The molecule has 1 heterocycles. The number of aromatic nitrogens is 2. The predicted molar refractivity (Wildman–Crippen MR) is 69.7 cm³/mol. The first-order chi connectivity index (χ1) is 9.15. The molecule has 1 aromatic heterocycles. The zero-order valence-corrected chi connectivity index (χ0v) is 11.8. The first-order valence-electron chi connectivity index (χ1n) is 5.49. The van der Waals surface area contributed by atoms with Crippen molar-refractivity contribution in [2.24, 2.45) is 0 Å². The van der Waals surface area contributed by atoms with Gasteiger partial charge >= 0.3 is 11.3 Å². The fraction of sp³-hybridized carbons (Fsp3) is 0.250. The largest absolute Gasteiger partial charge is 0.497 e. The molecule has 0 unspecified atom stereocenters. The Hall–Kier alpha value is -1.89. The van der Waals surface area contributed by atoms with Gasteiger partial charge in [-0.05, 0) is 29.5 Å². The fourth-order valence-corrected chi connectivity index (χ4v) is 1.92. The van der Waals surface area contributed by atoms with Gasteiger partial charge in [-0.15, -0.1) is 0 Å². The molecule has 0 bridgehead atoms. The number of hydrogen-bond donors (Lipinski definition) is 1. The molecule has 0 atom stereocenters.